The second-order valence-corrected chi connectivity index (χ2v) is 11.6. The van der Waals surface area contributed by atoms with Gasteiger partial charge in [0.05, 0.1) is 79.3 Å². The summed E-state index contributed by atoms with van der Waals surface area (Å²) in [5.74, 6) is -0.375. The van der Waals surface area contributed by atoms with E-state index in [1.54, 1.807) is 0 Å². The molecule has 0 amide bonds. The number of ether oxygens (including phenoxy) is 8. The lowest BCUT2D eigenvalue weighted by molar-refractivity contribution is -0.160. The number of unbranched alkanes of at least 4 members (excludes halogenated alkanes) is 12. The highest BCUT2D eigenvalue weighted by molar-refractivity contribution is 5.71. The molecule has 0 aromatic rings. The van der Waals surface area contributed by atoms with E-state index in [9.17, 15) is 4.79 Å². The van der Waals surface area contributed by atoms with E-state index in [2.05, 4.69) is 6.92 Å². The Morgan fingerprint density at radius 1 is 0.405 bits per heavy atom. The van der Waals surface area contributed by atoms with Crippen LogP contribution in [0.25, 0.3) is 0 Å². The Bertz CT molecular complexity index is 540. The Balaban J connectivity index is 3.09. The molecule has 0 radical (unpaired) electrons. The summed E-state index contributed by atoms with van der Waals surface area (Å²) in [6.45, 7) is 14.6. The van der Waals surface area contributed by atoms with Gasteiger partial charge in [-0.25, -0.2) is 4.79 Å². The van der Waals surface area contributed by atoms with Gasteiger partial charge in [-0.15, -0.1) is 0 Å². The summed E-state index contributed by atoms with van der Waals surface area (Å²) in [4.78, 5) is 11.5. The Morgan fingerprint density at radius 3 is 1.02 bits per heavy atom. The van der Waals surface area contributed by atoms with Gasteiger partial charge in [-0.3, -0.25) is 0 Å². The highest BCUT2D eigenvalue weighted by atomic mass is 16.6. The molecular formula is C33H66O9. The van der Waals surface area contributed by atoms with E-state index in [1.807, 2.05) is 20.8 Å². The molecular weight excluding hydrogens is 540 g/mol. The zero-order valence-corrected chi connectivity index (χ0v) is 27.8. The van der Waals surface area contributed by atoms with Gasteiger partial charge in [-0.05, 0) is 27.2 Å². The van der Waals surface area contributed by atoms with Crippen molar-refractivity contribution in [3.63, 3.8) is 0 Å². The molecule has 0 unspecified atom stereocenters. The molecule has 0 aromatic heterocycles. The molecule has 9 nitrogen and oxygen atoms in total. The van der Waals surface area contributed by atoms with Gasteiger partial charge in [-0.2, -0.15) is 0 Å². The molecule has 0 N–H and O–H groups in total. The number of carbonyl (C=O) groups is 1. The maximum Gasteiger partial charge on any atom is 0.332 e. The van der Waals surface area contributed by atoms with E-state index in [1.165, 1.54) is 77.0 Å². The van der Waals surface area contributed by atoms with Crippen molar-refractivity contribution < 1.29 is 42.7 Å². The largest absolute Gasteiger partial charge is 0.458 e. The third kappa shape index (κ3) is 37.2. The van der Waals surface area contributed by atoms with E-state index in [-0.39, 0.29) is 12.6 Å². The van der Waals surface area contributed by atoms with Crippen molar-refractivity contribution in [3.05, 3.63) is 0 Å². The zero-order valence-electron chi connectivity index (χ0n) is 27.8. The topological polar surface area (TPSA) is 90.9 Å². The zero-order chi connectivity index (χ0) is 30.8. The van der Waals surface area contributed by atoms with Gasteiger partial charge in [0, 0.05) is 6.61 Å². The van der Waals surface area contributed by atoms with Crippen LogP contribution in [0.1, 0.15) is 111 Å². The first-order valence-corrected chi connectivity index (χ1v) is 16.7. The molecule has 0 saturated carbocycles. The van der Waals surface area contributed by atoms with Gasteiger partial charge >= 0.3 is 5.97 Å². The summed E-state index contributed by atoms with van der Waals surface area (Å²) < 4.78 is 43.4. The number of rotatable bonds is 34. The van der Waals surface area contributed by atoms with Crippen molar-refractivity contribution in [2.45, 2.75) is 117 Å². The van der Waals surface area contributed by atoms with Gasteiger partial charge in [-0.1, -0.05) is 84.0 Å². The Hall–Kier alpha value is -0.810. The van der Waals surface area contributed by atoms with Crippen LogP contribution in [-0.2, 0) is 42.7 Å². The summed E-state index contributed by atoms with van der Waals surface area (Å²) in [5.41, 5.74) is -0.499. The van der Waals surface area contributed by atoms with Crippen molar-refractivity contribution in [2.75, 3.05) is 92.5 Å². The van der Waals surface area contributed by atoms with Crippen LogP contribution in [-0.4, -0.2) is 104 Å². The lowest BCUT2D eigenvalue weighted by Gasteiger charge is -2.19. The fourth-order valence-corrected chi connectivity index (χ4v) is 4.07. The van der Waals surface area contributed by atoms with E-state index < -0.39 is 5.60 Å². The minimum Gasteiger partial charge on any atom is -0.458 e. The van der Waals surface area contributed by atoms with Gasteiger partial charge in [0.25, 0.3) is 0 Å². The third-order valence-corrected chi connectivity index (χ3v) is 6.26. The predicted molar refractivity (Wildman–Crippen MR) is 167 cm³/mol. The second-order valence-electron chi connectivity index (χ2n) is 11.6. The Morgan fingerprint density at radius 2 is 0.690 bits per heavy atom. The number of esters is 1. The molecule has 0 heterocycles. The number of hydrogen-bond donors (Lipinski definition) is 0. The first-order valence-electron chi connectivity index (χ1n) is 16.7. The van der Waals surface area contributed by atoms with E-state index in [0.29, 0.717) is 79.3 Å². The smallest absolute Gasteiger partial charge is 0.332 e. The van der Waals surface area contributed by atoms with Gasteiger partial charge in [0.2, 0.25) is 0 Å². The van der Waals surface area contributed by atoms with E-state index >= 15 is 0 Å². The van der Waals surface area contributed by atoms with Crippen LogP contribution in [0.3, 0.4) is 0 Å². The molecule has 0 aliphatic carbocycles. The Labute approximate surface area is 257 Å². The first kappa shape index (κ1) is 41.2. The maximum atomic E-state index is 11.5. The SMILES string of the molecule is CCCCCCCCCCCCCCCOCCOCCOCCOCCOCCOCCOCC(=O)OC(C)(C)C. The van der Waals surface area contributed by atoms with Crippen LogP contribution >= 0.6 is 0 Å². The van der Waals surface area contributed by atoms with E-state index in [4.69, 9.17) is 37.9 Å². The fourth-order valence-electron chi connectivity index (χ4n) is 4.07. The van der Waals surface area contributed by atoms with E-state index in [0.717, 1.165) is 13.0 Å². The summed E-state index contributed by atoms with van der Waals surface area (Å²) in [6.07, 6.45) is 17.8. The standard InChI is InChI=1S/C33H66O9/c1-5-6-7-8-9-10-11-12-13-14-15-16-17-18-35-19-20-36-21-22-37-23-24-38-25-26-39-27-28-40-29-30-41-31-32(34)42-33(2,3)4/h5-31H2,1-4H3. The normalized spacial score (nSPS) is 11.8. The van der Waals surface area contributed by atoms with Crippen molar-refractivity contribution >= 4 is 5.97 Å². The van der Waals surface area contributed by atoms with Crippen molar-refractivity contribution in [1.82, 2.24) is 0 Å². The third-order valence-electron chi connectivity index (χ3n) is 6.26. The van der Waals surface area contributed by atoms with Crippen molar-refractivity contribution in [3.8, 4) is 0 Å². The monoisotopic (exact) mass is 606 g/mol. The van der Waals surface area contributed by atoms with Gasteiger partial charge in [0.1, 0.15) is 12.2 Å². The lowest BCUT2D eigenvalue weighted by Crippen LogP contribution is -2.27. The molecule has 0 atom stereocenters. The maximum absolute atomic E-state index is 11.5. The van der Waals surface area contributed by atoms with Crippen LogP contribution in [0, 0.1) is 0 Å². The van der Waals surface area contributed by atoms with Crippen molar-refractivity contribution in [2.24, 2.45) is 0 Å². The fraction of sp³-hybridized carbons (Fsp3) is 0.970. The van der Waals surface area contributed by atoms with Crippen molar-refractivity contribution in [1.29, 1.82) is 0 Å². The predicted octanol–water partition coefficient (Wildman–Crippen LogP) is 6.54. The van der Waals surface area contributed by atoms with Crippen LogP contribution in [0.4, 0.5) is 0 Å². The van der Waals surface area contributed by atoms with Crippen LogP contribution in [0.15, 0.2) is 0 Å². The highest BCUT2D eigenvalue weighted by Gasteiger charge is 2.15. The molecule has 0 rings (SSSR count). The molecule has 0 bridgehead atoms. The quantitative estimate of drug-likeness (QED) is 0.0598. The molecule has 42 heavy (non-hydrogen) atoms. The van der Waals surface area contributed by atoms with Gasteiger partial charge < -0.3 is 37.9 Å². The van der Waals surface area contributed by atoms with Crippen LogP contribution in [0.2, 0.25) is 0 Å². The Kier molecular flexibility index (Phi) is 32.5. The lowest BCUT2D eigenvalue weighted by atomic mass is 10.0. The molecule has 0 fully saturated rings. The molecule has 0 aromatic carbocycles. The molecule has 0 aliphatic heterocycles. The first-order chi connectivity index (χ1) is 20.5. The summed E-state index contributed by atoms with van der Waals surface area (Å²) >= 11 is 0. The average molecular weight is 607 g/mol. The van der Waals surface area contributed by atoms with Gasteiger partial charge in [0.15, 0.2) is 0 Å². The number of carbonyl (C=O) groups excluding carboxylic acids is 1. The highest BCUT2D eigenvalue weighted by Crippen LogP contribution is 2.12. The molecule has 0 aliphatic rings. The summed E-state index contributed by atoms with van der Waals surface area (Å²) in [5, 5.41) is 0. The number of hydrogen-bond acceptors (Lipinski definition) is 9. The van der Waals surface area contributed by atoms with Crippen LogP contribution in [0.5, 0.6) is 0 Å². The molecule has 252 valence electrons. The summed E-state index contributed by atoms with van der Waals surface area (Å²) in [7, 11) is 0. The minimum atomic E-state index is -0.499. The molecule has 0 spiro atoms. The second kappa shape index (κ2) is 33.1. The minimum absolute atomic E-state index is 0.0697. The van der Waals surface area contributed by atoms with Crippen LogP contribution < -0.4 is 0 Å². The average Bonchev–Trinajstić information content (AvgIpc) is 2.94. The summed E-state index contributed by atoms with van der Waals surface area (Å²) in [6, 6.07) is 0. The molecule has 9 heteroatoms. The molecule has 0 saturated heterocycles.